The van der Waals surface area contributed by atoms with E-state index >= 15 is 0 Å². The van der Waals surface area contributed by atoms with Crippen molar-refractivity contribution in [1.82, 2.24) is 15.1 Å². The van der Waals surface area contributed by atoms with Gasteiger partial charge in [-0.2, -0.15) is 5.10 Å². The number of nitrogens with one attached hydrogen (secondary N) is 4. The van der Waals surface area contributed by atoms with Crippen LogP contribution in [0, 0.1) is 12.8 Å². The zero-order valence-corrected chi connectivity index (χ0v) is 27.0. The van der Waals surface area contributed by atoms with Crippen molar-refractivity contribution in [2.45, 2.75) is 51.9 Å². The largest absolute Gasteiger partial charge is 0.376 e. The number of hydrogen-bond donors (Lipinski definition) is 5. The van der Waals surface area contributed by atoms with Gasteiger partial charge in [-0.25, -0.2) is 9.48 Å². The summed E-state index contributed by atoms with van der Waals surface area (Å²) in [6.45, 7) is 10.0. The van der Waals surface area contributed by atoms with Gasteiger partial charge in [0.15, 0.2) is 10.9 Å². The molecule has 6 N–H and O–H groups in total. The fourth-order valence-electron chi connectivity index (χ4n) is 5.66. The van der Waals surface area contributed by atoms with E-state index in [2.05, 4.69) is 42.0 Å². The third-order valence-electron chi connectivity index (χ3n) is 8.08. The van der Waals surface area contributed by atoms with Crippen molar-refractivity contribution in [1.29, 1.82) is 0 Å². The molecule has 234 valence electrons. The molecular weight excluding hydrogens is 582 g/mol. The summed E-state index contributed by atoms with van der Waals surface area (Å²) in [5, 5.41) is 17.2. The molecule has 0 radical (unpaired) electrons. The monoisotopic (exact) mass is 623 g/mol. The van der Waals surface area contributed by atoms with Crippen LogP contribution in [0.3, 0.4) is 0 Å². The summed E-state index contributed by atoms with van der Waals surface area (Å²) in [6.07, 6.45) is 1.80. The Hall–Kier alpha value is -4.54. The first-order valence-corrected chi connectivity index (χ1v) is 15.7. The molecule has 0 aliphatic carbocycles. The fraction of sp³-hybridized carbons (Fsp3) is 0.314. The molecule has 5 rings (SSSR count). The molecule has 2 heterocycles. The lowest BCUT2D eigenvalue weighted by Gasteiger charge is -2.30. The van der Waals surface area contributed by atoms with Crippen molar-refractivity contribution in [2.75, 3.05) is 29.0 Å². The van der Waals surface area contributed by atoms with Crippen LogP contribution in [-0.2, 0) is 5.41 Å². The lowest BCUT2D eigenvalue weighted by atomic mass is 9.76. The molecule has 0 saturated carbocycles. The zero-order chi connectivity index (χ0) is 32.1. The topological polar surface area (TPSA) is 126 Å². The summed E-state index contributed by atoms with van der Waals surface area (Å²) < 4.78 is 1.75. The quantitative estimate of drug-likeness (QED) is 0.109. The molecule has 0 bridgehead atoms. The minimum atomic E-state index is -0.385. The van der Waals surface area contributed by atoms with Crippen molar-refractivity contribution in [3.63, 3.8) is 0 Å². The van der Waals surface area contributed by atoms with E-state index in [9.17, 15) is 9.59 Å². The Kier molecular flexibility index (Phi) is 9.65. The Morgan fingerprint density at radius 2 is 1.62 bits per heavy atom. The number of Topliss-reactive ketones (excluding diaryl/α,β-unsaturated/α-hetero) is 1. The molecule has 3 aromatic carbocycles. The van der Waals surface area contributed by atoms with Crippen molar-refractivity contribution in [3.05, 3.63) is 101 Å². The van der Waals surface area contributed by atoms with Gasteiger partial charge in [-0.05, 0) is 93.0 Å². The molecule has 1 saturated heterocycles. The van der Waals surface area contributed by atoms with E-state index in [0.29, 0.717) is 22.8 Å². The number of hydrogen-bond acceptors (Lipinski definition) is 5. The molecule has 1 fully saturated rings. The van der Waals surface area contributed by atoms with Crippen LogP contribution in [-0.4, -0.2) is 39.8 Å². The predicted octanol–water partition coefficient (Wildman–Crippen LogP) is 6.74. The molecule has 10 heteroatoms. The number of nitrogens with zero attached hydrogens (tertiary/aromatic N) is 2. The summed E-state index contributed by atoms with van der Waals surface area (Å²) >= 11 is 4.98. The summed E-state index contributed by atoms with van der Waals surface area (Å²) in [4.78, 5) is 27.2. The van der Waals surface area contributed by atoms with E-state index in [4.69, 9.17) is 23.1 Å². The number of thiocarbonyl (C=S) groups is 1. The van der Waals surface area contributed by atoms with Gasteiger partial charge >= 0.3 is 6.03 Å². The molecule has 1 unspecified atom stereocenters. The maximum Gasteiger partial charge on any atom is 0.324 e. The predicted molar refractivity (Wildman–Crippen MR) is 186 cm³/mol. The van der Waals surface area contributed by atoms with Gasteiger partial charge in [0.1, 0.15) is 5.82 Å². The lowest BCUT2D eigenvalue weighted by molar-refractivity contribution is 0.0916. The number of piperidine rings is 1. The van der Waals surface area contributed by atoms with E-state index < -0.39 is 0 Å². The standard InChI is InChI=1S/C35H41N7O2S/c1-22-8-14-28(15-9-22)42-30(21-29(41-42)35(2,3)4)40-34(44)39-26-12-10-23(11-13-26)31(24-16-18-37-19-17-24)32(43)25-6-5-7-27(20-25)38-33(36)45/h5-15,20-21,24,31,37H,16-19H2,1-4H3,(H3,36,38,45)(H2,39,40,44). The van der Waals surface area contributed by atoms with Gasteiger partial charge in [-0.1, -0.05) is 62.7 Å². The zero-order valence-electron chi connectivity index (χ0n) is 26.2. The highest BCUT2D eigenvalue weighted by atomic mass is 32.1. The second kappa shape index (κ2) is 13.6. The second-order valence-electron chi connectivity index (χ2n) is 12.6. The summed E-state index contributed by atoms with van der Waals surface area (Å²) in [5.41, 5.74) is 11.1. The molecule has 1 atom stereocenters. The van der Waals surface area contributed by atoms with Gasteiger partial charge in [0.25, 0.3) is 0 Å². The van der Waals surface area contributed by atoms with Crippen molar-refractivity contribution in [2.24, 2.45) is 11.7 Å². The number of carbonyl (C=O) groups excluding carboxylic acids is 2. The van der Waals surface area contributed by atoms with Crippen molar-refractivity contribution >= 4 is 46.3 Å². The SMILES string of the molecule is Cc1ccc(-n2nc(C(C)(C)C)cc2NC(=O)Nc2ccc(C(C(=O)c3cccc(NC(N)=S)c3)C3CCNCC3)cc2)cc1. The number of ketones is 1. The smallest absolute Gasteiger partial charge is 0.324 e. The van der Waals surface area contributed by atoms with Crippen LogP contribution in [0.1, 0.15) is 66.7 Å². The highest BCUT2D eigenvalue weighted by Crippen LogP contribution is 2.35. The first kappa shape index (κ1) is 31.9. The van der Waals surface area contributed by atoms with E-state index in [0.717, 1.165) is 48.4 Å². The van der Waals surface area contributed by atoms with Gasteiger partial charge in [0, 0.05) is 28.4 Å². The molecule has 1 aromatic heterocycles. The first-order chi connectivity index (χ1) is 21.5. The number of anilines is 3. The van der Waals surface area contributed by atoms with Crippen LogP contribution < -0.4 is 27.0 Å². The highest BCUT2D eigenvalue weighted by Gasteiger charge is 2.32. The summed E-state index contributed by atoms with van der Waals surface area (Å²) in [7, 11) is 0. The van der Waals surface area contributed by atoms with E-state index in [1.807, 2.05) is 79.7 Å². The van der Waals surface area contributed by atoms with Gasteiger partial charge in [-0.3, -0.25) is 10.1 Å². The number of nitrogens with two attached hydrogens (primary N) is 1. The van der Waals surface area contributed by atoms with Crippen LogP contribution in [0.4, 0.5) is 22.0 Å². The molecule has 9 nitrogen and oxygen atoms in total. The van der Waals surface area contributed by atoms with E-state index in [-0.39, 0.29) is 34.2 Å². The van der Waals surface area contributed by atoms with Gasteiger partial charge < -0.3 is 21.7 Å². The number of aromatic nitrogens is 2. The Labute approximate surface area is 270 Å². The molecule has 0 spiro atoms. The molecule has 4 aromatic rings. The number of aryl methyl sites for hydroxylation is 1. The van der Waals surface area contributed by atoms with Crippen LogP contribution in [0.25, 0.3) is 5.69 Å². The average Bonchev–Trinajstić information content (AvgIpc) is 3.43. The number of amides is 2. The van der Waals surface area contributed by atoms with Crippen LogP contribution >= 0.6 is 12.2 Å². The molecule has 2 amide bonds. The van der Waals surface area contributed by atoms with Gasteiger partial charge in [0.05, 0.1) is 17.3 Å². The fourth-order valence-corrected chi connectivity index (χ4v) is 5.78. The average molecular weight is 624 g/mol. The first-order valence-electron chi connectivity index (χ1n) is 15.2. The Morgan fingerprint density at radius 1 is 0.933 bits per heavy atom. The Balaban J connectivity index is 1.35. The number of urea groups is 1. The molecule has 1 aliphatic rings. The third kappa shape index (κ3) is 7.95. The molecular formula is C35H41N7O2S. The summed E-state index contributed by atoms with van der Waals surface area (Å²) in [5.74, 6) is 0.481. The van der Waals surface area contributed by atoms with Gasteiger partial charge in [0.2, 0.25) is 0 Å². The normalized spacial score (nSPS) is 14.4. The number of carbonyl (C=O) groups is 2. The number of rotatable bonds is 8. The maximum atomic E-state index is 14.0. The van der Waals surface area contributed by atoms with Crippen molar-refractivity contribution in [3.8, 4) is 5.69 Å². The summed E-state index contributed by atoms with van der Waals surface area (Å²) in [6, 6.07) is 24.4. The highest BCUT2D eigenvalue weighted by molar-refractivity contribution is 7.80. The van der Waals surface area contributed by atoms with E-state index in [1.165, 1.54) is 0 Å². The van der Waals surface area contributed by atoms with Crippen LogP contribution in [0.15, 0.2) is 78.9 Å². The molecule has 1 aliphatic heterocycles. The number of benzene rings is 3. The maximum absolute atomic E-state index is 14.0. The minimum absolute atomic E-state index is 0.0472. The Bertz CT molecular complexity index is 1670. The Morgan fingerprint density at radius 3 is 2.27 bits per heavy atom. The van der Waals surface area contributed by atoms with Crippen molar-refractivity contribution < 1.29 is 9.59 Å². The lowest BCUT2D eigenvalue weighted by Crippen LogP contribution is -2.33. The minimum Gasteiger partial charge on any atom is -0.376 e. The third-order valence-corrected chi connectivity index (χ3v) is 8.18. The van der Waals surface area contributed by atoms with Gasteiger partial charge in [-0.15, -0.1) is 0 Å². The van der Waals surface area contributed by atoms with E-state index in [1.54, 1.807) is 10.7 Å². The molecule has 45 heavy (non-hydrogen) atoms. The van der Waals surface area contributed by atoms with Crippen LogP contribution in [0.2, 0.25) is 0 Å². The second-order valence-corrected chi connectivity index (χ2v) is 13.1. The van der Waals surface area contributed by atoms with Crippen LogP contribution in [0.5, 0.6) is 0 Å².